The van der Waals surface area contributed by atoms with Crippen molar-refractivity contribution in [2.75, 3.05) is 38.6 Å². The van der Waals surface area contributed by atoms with Crippen molar-refractivity contribution in [1.82, 2.24) is 15.2 Å². The third kappa shape index (κ3) is 5.33. The van der Waals surface area contributed by atoms with E-state index in [1.807, 2.05) is 24.3 Å². The van der Waals surface area contributed by atoms with Crippen LogP contribution in [0.4, 0.5) is 4.39 Å². The predicted molar refractivity (Wildman–Crippen MR) is 115 cm³/mol. The Bertz CT molecular complexity index is 925. The van der Waals surface area contributed by atoms with E-state index in [0.29, 0.717) is 25.5 Å². The molecule has 152 valence electrons. The zero-order valence-corrected chi connectivity index (χ0v) is 17.5. The van der Waals surface area contributed by atoms with Crippen molar-refractivity contribution in [1.29, 1.82) is 0 Å². The van der Waals surface area contributed by atoms with Crippen LogP contribution >= 0.6 is 23.1 Å². The van der Waals surface area contributed by atoms with E-state index in [1.165, 1.54) is 23.9 Å². The van der Waals surface area contributed by atoms with Crippen LogP contribution in [0.25, 0.3) is 10.2 Å². The second kappa shape index (κ2) is 9.67. The number of carbonyl (C=O) groups is 1. The van der Waals surface area contributed by atoms with E-state index in [1.54, 1.807) is 23.5 Å². The number of aromatic nitrogens is 1. The number of ether oxygens (including phenoxy) is 1. The standard InChI is InChI=1S/C21H22FN3O2S2/c22-16-7-5-15(6-8-16)18(25-9-11-27-12-10-25)13-23-20(26)14-28-21-24-17-3-1-2-4-19(17)29-21/h1-8,18H,9-14H2,(H,23,26)/t18-/m1/s1. The summed E-state index contributed by atoms with van der Waals surface area (Å²) in [7, 11) is 0. The van der Waals surface area contributed by atoms with Crippen molar-refractivity contribution < 1.29 is 13.9 Å². The number of nitrogens with one attached hydrogen (secondary N) is 1. The Morgan fingerprint density at radius 2 is 1.97 bits per heavy atom. The third-order valence-electron chi connectivity index (χ3n) is 4.83. The number of benzene rings is 2. The number of thiazole rings is 1. The first-order chi connectivity index (χ1) is 14.2. The maximum absolute atomic E-state index is 13.3. The zero-order valence-electron chi connectivity index (χ0n) is 15.8. The molecule has 4 rings (SSSR count). The van der Waals surface area contributed by atoms with E-state index in [0.717, 1.165) is 33.2 Å². The Balaban J connectivity index is 1.35. The third-order valence-corrected chi connectivity index (χ3v) is 7.01. The number of hydrogen-bond donors (Lipinski definition) is 1. The second-order valence-electron chi connectivity index (χ2n) is 6.76. The average Bonchev–Trinajstić information content (AvgIpc) is 3.17. The Morgan fingerprint density at radius 1 is 1.21 bits per heavy atom. The number of thioether (sulfide) groups is 1. The van der Waals surface area contributed by atoms with E-state index in [2.05, 4.69) is 15.2 Å². The minimum absolute atomic E-state index is 0.00380. The molecule has 1 atom stereocenters. The Morgan fingerprint density at radius 3 is 2.72 bits per heavy atom. The topological polar surface area (TPSA) is 54.5 Å². The average molecular weight is 432 g/mol. The maximum Gasteiger partial charge on any atom is 0.230 e. The number of para-hydroxylation sites is 1. The van der Waals surface area contributed by atoms with Crippen LogP contribution in [0.15, 0.2) is 52.9 Å². The lowest BCUT2D eigenvalue weighted by atomic mass is 10.0. The molecule has 0 radical (unpaired) electrons. The first-order valence-electron chi connectivity index (χ1n) is 9.51. The van der Waals surface area contributed by atoms with Gasteiger partial charge in [0.1, 0.15) is 5.82 Å². The lowest BCUT2D eigenvalue weighted by Crippen LogP contribution is -2.44. The molecule has 0 unspecified atom stereocenters. The van der Waals surface area contributed by atoms with Crippen LogP contribution in [0.2, 0.25) is 0 Å². The van der Waals surface area contributed by atoms with Gasteiger partial charge in [-0.25, -0.2) is 9.37 Å². The van der Waals surface area contributed by atoms with Crippen LogP contribution in [0.3, 0.4) is 0 Å². The zero-order chi connectivity index (χ0) is 20.1. The number of fused-ring (bicyclic) bond motifs is 1. The van der Waals surface area contributed by atoms with Gasteiger partial charge in [0.05, 0.1) is 35.2 Å². The number of amides is 1. The van der Waals surface area contributed by atoms with Gasteiger partial charge >= 0.3 is 0 Å². The van der Waals surface area contributed by atoms with Gasteiger partial charge in [-0.3, -0.25) is 9.69 Å². The summed E-state index contributed by atoms with van der Waals surface area (Å²) in [5.41, 5.74) is 1.96. The highest BCUT2D eigenvalue weighted by Crippen LogP contribution is 2.29. The molecule has 1 N–H and O–H groups in total. The monoisotopic (exact) mass is 431 g/mol. The van der Waals surface area contributed by atoms with Crippen LogP contribution in [0, 0.1) is 5.82 Å². The fourth-order valence-corrected chi connectivity index (χ4v) is 5.23. The first-order valence-corrected chi connectivity index (χ1v) is 11.3. The molecule has 1 amide bonds. The van der Waals surface area contributed by atoms with Crippen molar-refractivity contribution in [2.45, 2.75) is 10.4 Å². The van der Waals surface area contributed by atoms with E-state index in [9.17, 15) is 9.18 Å². The van der Waals surface area contributed by atoms with Gasteiger partial charge in [-0.2, -0.15) is 0 Å². The summed E-state index contributed by atoms with van der Waals surface area (Å²) in [5.74, 6) is 0.0272. The van der Waals surface area contributed by atoms with E-state index in [4.69, 9.17) is 4.74 Å². The SMILES string of the molecule is O=C(CSc1nc2ccccc2s1)NC[C@H](c1ccc(F)cc1)N1CCOCC1. The van der Waals surface area contributed by atoms with E-state index >= 15 is 0 Å². The van der Waals surface area contributed by atoms with Gasteiger partial charge in [0.25, 0.3) is 0 Å². The van der Waals surface area contributed by atoms with Crippen LogP contribution in [0.5, 0.6) is 0 Å². The summed E-state index contributed by atoms with van der Waals surface area (Å²) >= 11 is 3.05. The molecular formula is C21H22FN3O2S2. The lowest BCUT2D eigenvalue weighted by molar-refractivity contribution is -0.118. The number of hydrogen-bond acceptors (Lipinski definition) is 6. The number of morpholine rings is 1. The van der Waals surface area contributed by atoms with Crippen molar-refractivity contribution in [2.24, 2.45) is 0 Å². The molecule has 1 fully saturated rings. The fraction of sp³-hybridized carbons (Fsp3) is 0.333. The van der Waals surface area contributed by atoms with E-state index in [-0.39, 0.29) is 17.8 Å². The smallest absolute Gasteiger partial charge is 0.230 e. The normalized spacial score (nSPS) is 16.0. The molecule has 1 aliphatic heterocycles. The summed E-state index contributed by atoms with van der Waals surface area (Å²) in [6.45, 7) is 3.39. The Kier molecular flexibility index (Phi) is 6.76. The Hall–Kier alpha value is -2.00. The summed E-state index contributed by atoms with van der Waals surface area (Å²) < 4.78 is 20.8. The molecule has 2 heterocycles. The van der Waals surface area contributed by atoms with Gasteiger partial charge in [-0.1, -0.05) is 36.0 Å². The summed E-state index contributed by atoms with van der Waals surface area (Å²) in [6.07, 6.45) is 0. The highest BCUT2D eigenvalue weighted by atomic mass is 32.2. The van der Waals surface area contributed by atoms with Gasteiger partial charge in [0, 0.05) is 19.6 Å². The molecule has 8 heteroatoms. The molecule has 29 heavy (non-hydrogen) atoms. The Labute approximate surface area is 177 Å². The van der Waals surface area contributed by atoms with Crippen molar-refractivity contribution in [3.63, 3.8) is 0 Å². The van der Waals surface area contributed by atoms with Crippen molar-refractivity contribution in [3.05, 3.63) is 59.9 Å². The minimum atomic E-state index is -0.259. The van der Waals surface area contributed by atoms with E-state index < -0.39 is 0 Å². The highest BCUT2D eigenvalue weighted by Gasteiger charge is 2.23. The second-order valence-corrected chi connectivity index (χ2v) is 9.01. The summed E-state index contributed by atoms with van der Waals surface area (Å²) in [6, 6.07) is 14.5. The lowest BCUT2D eigenvalue weighted by Gasteiger charge is -2.35. The van der Waals surface area contributed by atoms with Crippen LogP contribution in [0.1, 0.15) is 11.6 Å². The molecule has 1 aliphatic rings. The molecule has 0 saturated carbocycles. The molecule has 2 aromatic carbocycles. The quantitative estimate of drug-likeness (QED) is 0.578. The van der Waals surface area contributed by atoms with Gasteiger partial charge < -0.3 is 10.1 Å². The van der Waals surface area contributed by atoms with Gasteiger partial charge in [-0.05, 0) is 29.8 Å². The van der Waals surface area contributed by atoms with Crippen molar-refractivity contribution >= 4 is 39.2 Å². The predicted octanol–water partition coefficient (Wildman–Crippen LogP) is 3.72. The number of rotatable bonds is 7. The highest BCUT2D eigenvalue weighted by molar-refractivity contribution is 8.01. The van der Waals surface area contributed by atoms with Crippen molar-refractivity contribution in [3.8, 4) is 0 Å². The molecule has 0 aliphatic carbocycles. The molecule has 1 saturated heterocycles. The van der Waals surface area contributed by atoms with Crippen LogP contribution in [-0.4, -0.2) is 54.4 Å². The molecular weight excluding hydrogens is 409 g/mol. The minimum Gasteiger partial charge on any atom is -0.379 e. The molecule has 0 bridgehead atoms. The molecule has 1 aromatic heterocycles. The first kappa shape index (κ1) is 20.3. The summed E-state index contributed by atoms with van der Waals surface area (Å²) in [4.78, 5) is 19.3. The fourth-order valence-electron chi connectivity index (χ4n) is 3.33. The largest absolute Gasteiger partial charge is 0.379 e. The summed E-state index contributed by atoms with van der Waals surface area (Å²) in [5, 5.41) is 3.04. The van der Waals surface area contributed by atoms with Gasteiger partial charge in [0.2, 0.25) is 5.91 Å². The van der Waals surface area contributed by atoms with Crippen LogP contribution < -0.4 is 5.32 Å². The van der Waals surface area contributed by atoms with Gasteiger partial charge in [-0.15, -0.1) is 11.3 Å². The molecule has 3 aromatic rings. The van der Waals surface area contributed by atoms with Crippen LogP contribution in [-0.2, 0) is 9.53 Å². The van der Waals surface area contributed by atoms with Gasteiger partial charge in [0.15, 0.2) is 4.34 Å². The maximum atomic E-state index is 13.3. The number of nitrogens with zero attached hydrogens (tertiary/aromatic N) is 2. The molecule has 0 spiro atoms. The molecule has 5 nitrogen and oxygen atoms in total. The number of carbonyl (C=O) groups excluding carboxylic acids is 1. The number of halogens is 1.